The number of amides is 1. The summed E-state index contributed by atoms with van der Waals surface area (Å²) in [4.78, 5) is 22.1. The minimum Gasteiger partial charge on any atom is -0.332 e. The van der Waals surface area contributed by atoms with Crippen LogP contribution in [0.3, 0.4) is 0 Å². The van der Waals surface area contributed by atoms with Gasteiger partial charge in [0.15, 0.2) is 0 Å². The van der Waals surface area contributed by atoms with Crippen LogP contribution >= 0.6 is 0 Å². The molecule has 0 spiro atoms. The molecule has 1 aromatic rings. The third kappa shape index (κ3) is 1.96. The Morgan fingerprint density at radius 1 is 1.27 bits per heavy atom. The van der Waals surface area contributed by atoms with Crippen LogP contribution in [0.1, 0.15) is 17.9 Å². The van der Waals surface area contributed by atoms with Gasteiger partial charge in [0.25, 0.3) is 0 Å². The van der Waals surface area contributed by atoms with Crippen LogP contribution in [0.2, 0.25) is 0 Å². The molecule has 2 rings (SSSR count). The zero-order valence-electron chi connectivity index (χ0n) is 8.14. The van der Waals surface area contributed by atoms with Gasteiger partial charge >= 0.3 is 0 Å². The normalized spacial score (nSPS) is 20.4. The molecular weight excluding hydrogens is 190 g/mol. The van der Waals surface area contributed by atoms with Crippen molar-refractivity contribution in [3.05, 3.63) is 47.7 Å². The summed E-state index contributed by atoms with van der Waals surface area (Å²) in [5.74, 6) is -0.146. The first-order valence-corrected chi connectivity index (χ1v) is 4.81. The minimum atomic E-state index is -0.0996. The lowest BCUT2D eigenvalue weighted by Crippen LogP contribution is -2.27. The average Bonchev–Trinajstić information content (AvgIpc) is 2.30. The van der Waals surface area contributed by atoms with E-state index in [1.54, 1.807) is 0 Å². The van der Waals surface area contributed by atoms with Crippen LogP contribution in [0.15, 0.2) is 42.1 Å². The SMILES string of the molecule is O=CC1=CNC(=O)CC1c1ccccc1. The summed E-state index contributed by atoms with van der Waals surface area (Å²) in [6, 6.07) is 9.59. The third-order valence-electron chi connectivity index (χ3n) is 2.53. The van der Waals surface area contributed by atoms with E-state index in [1.807, 2.05) is 30.3 Å². The van der Waals surface area contributed by atoms with E-state index in [0.29, 0.717) is 12.0 Å². The van der Waals surface area contributed by atoms with Gasteiger partial charge in [0.05, 0.1) is 0 Å². The standard InChI is InChI=1S/C12H11NO2/c14-8-10-7-13-12(15)6-11(10)9-4-2-1-3-5-9/h1-5,7-8,11H,6H2,(H,13,15). The van der Waals surface area contributed by atoms with Gasteiger partial charge in [0.1, 0.15) is 6.29 Å². The van der Waals surface area contributed by atoms with Crippen molar-refractivity contribution in [2.75, 3.05) is 0 Å². The zero-order chi connectivity index (χ0) is 10.7. The number of rotatable bonds is 2. The smallest absolute Gasteiger partial charge is 0.224 e. The number of allylic oxidation sites excluding steroid dienone is 1. The van der Waals surface area contributed by atoms with Gasteiger partial charge in [-0.25, -0.2) is 0 Å². The van der Waals surface area contributed by atoms with Gasteiger partial charge in [-0.3, -0.25) is 9.59 Å². The van der Waals surface area contributed by atoms with E-state index in [0.717, 1.165) is 11.8 Å². The molecule has 1 aliphatic heterocycles. The quantitative estimate of drug-likeness (QED) is 0.734. The molecular formula is C12H11NO2. The molecule has 15 heavy (non-hydrogen) atoms. The largest absolute Gasteiger partial charge is 0.332 e. The summed E-state index contributed by atoms with van der Waals surface area (Å²) in [6.45, 7) is 0. The highest BCUT2D eigenvalue weighted by Gasteiger charge is 2.23. The van der Waals surface area contributed by atoms with Gasteiger partial charge in [0, 0.05) is 24.1 Å². The Balaban J connectivity index is 2.35. The van der Waals surface area contributed by atoms with Gasteiger partial charge in [0.2, 0.25) is 5.91 Å². The van der Waals surface area contributed by atoms with Crippen molar-refractivity contribution in [2.45, 2.75) is 12.3 Å². The van der Waals surface area contributed by atoms with Crippen LogP contribution in [0.25, 0.3) is 0 Å². The van der Waals surface area contributed by atoms with E-state index in [-0.39, 0.29) is 11.8 Å². The number of hydrogen-bond donors (Lipinski definition) is 1. The molecule has 0 radical (unpaired) electrons. The van der Waals surface area contributed by atoms with Crippen LogP contribution in [0.5, 0.6) is 0 Å². The molecule has 1 aliphatic rings. The molecule has 0 aromatic heterocycles. The maximum absolute atomic E-state index is 11.2. The first-order chi connectivity index (χ1) is 7.31. The average molecular weight is 201 g/mol. The fraction of sp³-hybridized carbons (Fsp3) is 0.167. The van der Waals surface area contributed by atoms with Crippen molar-refractivity contribution in [3.8, 4) is 0 Å². The Labute approximate surface area is 87.8 Å². The molecule has 0 aliphatic carbocycles. The molecule has 3 nitrogen and oxygen atoms in total. The molecule has 1 N–H and O–H groups in total. The Morgan fingerprint density at radius 2 is 2.00 bits per heavy atom. The van der Waals surface area contributed by atoms with Crippen LogP contribution in [-0.2, 0) is 9.59 Å². The predicted octanol–water partition coefficient (Wildman–Crippen LogP) is 1.37. The fourth-order valence-electron chi connectivity index (χ4n) is 1.74. The molecule has 0 bridgehead atoms. The summed E-state index contributed by atoms with van der Waals surface area (Å²) in [5, 5.41) is 2.55. The fourth-order valence-corrected chi connectivity index (χ4v) is 1.74. The van der Waals surface area contributed by atoms with E-state index >= 15 is 0 Å². The molecule has 1 atom stereocenters. The second-order valence-electron chi connectivity index (χ2n) is 3.50. The molecule has 1 amide bonds. The Kier molecular flexibility index (Phi) is 2.63. The minimum absolute atomic E-state index is 0.0468. The second-order valence-corrected chi connectivity index (χ2v) is 3.50. The summed E-state index contributed by atoms with van der Waals surface area (Å²) >= 11 is 0. The molecule has 76 valence electrons. The van der Waals surface area contributed by atoms with E-state index in [4.69, 9.17) is 0 Å². The first kappa shape index (κ1) is 9.65. The Hall–Kier alpha value is -1.90. The number of carbonyl (C=O) groups excluding carboxylic acids is 2. The Bertz CT molecular complexity index is 409. The zero-order valence-corrected chi connectivity index (χ0v) is 8.14. The highest BCUT2D eigenvalue weighted by molar-refractivity contribution is 5.86. The van der Waals surface area contributed by atoms with E-state index in [2.05, 4.69) is 5.32 Å². The van der Waals surface area contributed by atoms with Gasteiger partial charge in [-0.15, -0.1) is 0 Å². The third-order valence-corrected chi connectivity index (χ3v) is 2.53. The van der Waals surface area contributed by atoms with Crippen molar-refractivity contribution in [3.63, 3.8) is 0 Å². The molecule has 3 heteroatoms. The molecule has 1 unspecified atom stereocenters. The van der Waals surface area contributed by atoms with Crippen LogP contribution in [0, 0.1) is 0 Å². The number of benzene rings is 1. The lowest BCUT2D eigenvalue weighted by atomic mass is 9.87. The molecule has 0 saturated heterocycles. The topological polar surface area (TPSA) is 46.2 Å². The molecule has 0 fully saturated rings. The maximum Gasteiger partial charge on any atom is 0.224 e. The van der Waals surface area contributed by atoms with Crippen LogP contribution in [-0.4, -0.2) is 12.2 Å². The van der Waals surface area contributed by atoms with Crippen molar-refractivity contribution in [1.29, 1.82) is 0 Å². The first-order valence-electron chi connectivity index (χ1n) is 4.81. The van der Waals surface area contributed by atoms with E-state index in [1.165, 1.54) is 6.20 Å². The summed E-state index contributed by atoms with van der Waals surface area (Å²) in [6.07, 6.45) is 2.64. The van der Waals surface area contributed by atoms with E-state index < -0.39 is 0 Å². The second kappa shape index (κ2) is 4.09. The van der Waals surface area contributed by atoms with Gasteiger partial charge < -0.3 is 5.32 Å². The highest BCUT2D eigenvalue weighted by atomic mass is 16.1. The lowest BCUT2D eigenvalue weighted by molar-refractivity contribution is -0.120. The van der Waals surface area contributed by atoms with Crippen molar-refractivity contribution >= 4 is 12.2 Å². The van der Waals surface area contributed by atoms with E-state index in [9.17, 15) is 9.59 Å². The van der Waals surface area contributed by atoms with Crippen molar-refractivity contribution < 1.29 is 9.59 Å². The Morgan fingerprint density at radius 3 is 2.67 bits per heavy atom. The lowest BCUT2D eigenvalue weighted by Gasteiger charge is -2.20. The van der Waals surface area contributed by atoms with Crippen LogP contribution < -0.4 is 5.32 Å². The molecule has 1 heterocycles. The number of carbonyl (C=O) groups is 2. The number of hydrogen-bond acceptors (Lipinski definition) is 2. The molecule has 0 saturated carbocycles. The van der Waals surface area contributed by atoms with Gasteiger partial charge in [-0.2, -0.15) is 0 Å². The maximum atomic E-state index is 11.2. The summed E-state index contributed by atoms with van der Waals surface area (Å²) in [7, 11) is 0. The van der Waals surface area contributed by atoms with Crippen molar-refractivity contribution in [2.24, 2.45) is 0 Å². The van der Waals surface area contributed by atoms with Crippen molar-refractivity contribution in [1.82, 2.24) is 5.32 Å². The molecule has 1 aromatic carbocycles. The van der Waals surface area contributed by atoms with Gasteiger partial charge in [-0.1, -0.05) is 30.3 Å². The number of aldehydes is 1. The highest BCUT2D eigenvalue weighted by Crippen LogP contribution is 2.28. The monoisotopic (exact) mass is 201 g/mol. The predicted molar refractivity (Wildman–Crippen MR) is 56.1 cm³/mol. The van der Waals surface area contributed by atoms with Gasteiger partial charge in [-0.05, 0) is 5.56 Å². The summed E-state index contributed by atoms with van der Waals surface area (Å²) < 4.78 is 0. The van der Waals surface area contributed by atoms with Crippen LogP contribution in [0.4, 0.5) is 0 Å². The number of nitrogens with one attached hydrogen (secondary N) is 1. The summed E-state index contributed by atoms with van der Waals surface area (Å²) in [5.41, 5.74) is 1.63.